The van der Waals surface area contributed by atoms with E-state index in [0.29, 0.717) is 58.2 Å². The van der Waals surface area contributed by atoms with Crippen LogP contribution in [0.25, 0.3) is 11.1 Å². The summed E-state index contributed by atoms with van der Waals surface area (Å²) in [6, 6.07) is 18.0. The van der Waals surface area contributed by atoms with Gasteiger partial charge >= 0.3 is 6.01 Å². The number of hydrogen-bond donors (Lipinski definition) is 2. The second-order valence-electron chi connectivity index (χ2n) is 8.19. The maximum atomic E-state index is 13.4. The second-order valence-corrected chi connectivity index (χ2v) is 8.19. The third kappa shape index (κ3) is 6.44. The third-order valence-corrected chi connectivity index (χ3v) is 5.67. The molecule has 3 aromatic carbocycles. The van der Waals surface area contributed by atoms with Gasteiger partial charge in [0.05, 0.1) is 32.5 Å². The molecular formula is C28H26N4O7. The standard InChI is InChI=1S/C28H26N4O7/c1-35-13-12-30-26(33)19-8-6-18(7-9-19)25(38-20-10-4-17(16-29)5-11-20)27(34)32-28-31-21-14-23(36-2)24(37-3)15-22(21)39-28/h4-11,14-15,25H,12-13H2,1-3H3,(H,30,33)(H,31,32,34). The van der Waals surface area contributed by atoms with Gasteiger partial charge in [0.25, 0.3) is 11.8 Å². The minimum atomic E-state index is -1.14. The maximum absolute atomic E-state index is 13.4. The third-order valence-electron chi connectivity index (χ3n) is 5.67. The molecule has 0 spiro atoms. The number of benzene rings is 3. The molecule has 0 saturated carbocycles. The number of nitriles is 1. The fourth-order valence-corrected chi connectivity index (χ4v) is 3.67. The fraction of sp³-hybridized carbons (Fsp3) is 0.214. The number of anilines is 1. The monoisotopic (exact) mass is 530 g/mol. The van der Waals surface area contributed by atoms with Crippen molar-refractivity contribution >= 4 is 28.9 Å². The minimum absolute atomic E-state index is 0.0483. The largest absolute Gasteiger partial charge is 0.493 e. The number of hydrogen-bond acceptors (Lipinski definition) is 9. The Hall–Kier alpha value is -5.08. The molecule has 0 aliphatic rings. The van der Waals surface area contributed by atoms with Gasteiger partial charge in [-0.2, -0.15) is 10.2 Å². The molecule has 200 valence electrons. The molecule has 2 N–H and O–H groups in total. The molecule has 2 amide bonds. The molecule has 39 heavy (non-hydrogen) atoms. The van der Waals surface area contributed by atoms with Crippen LogP contribution in [0.3, 0.4) is 0 Å². The second kappa shape index (κ2) is 12.4. The van der Waals surface area contributed by atoms with E-state index in [-0.39, 0.29) is 11.9 Å². The van der Waals surface area contributed by atoms with Gasteiger partial charge in [0.15, 0.2) is 17.1 Å². The summed E-state index contributed by atoms with van der Waals surface area (Å²) in [5.74, 6) is 0.437. The number of carbonyl (C=O) groups excluding carboxylic acids is 2. The van der Waals surface area contributed by atoms with E-state index in [4.69, 9.17) is 28.6 Å². The number of methoxy groups -OCH3 is 3. The van der Waals surface area contributed by atoms with Crippen LogP contribution in [0.4, 0.5) is 6.01 Å². The summed E-state index contributed by atoms with van der Waals surface area (Å²) >= 11 is 0. The number of amides is 2. The van der Waals surface area contributed by atoms with Gasteiger partial charge in [-0.05, 0) is 36.4 Å². The first-order valence-corrected chi connectivity index (χ1v) is 11.8. The maximum Gasteiger partial charge on any atom is 0.302 e. The lowest BCUT2D eigenvalue weighted by Crippen LogP contribution is -2.27. The molecule has 11 nitrogen and oxygen atoms in total. The van der Waals surface area contributed by atoms with Crippen molar-refractivity contribution in [2.75, 3.05) is 39.8 Å². The number of oxazole rings is 1. The zero-order valence-electron chi connectivity index (χ0n) is 21.5. The molecule has 1 aromatic heterocycles. The summed E-state index contributed by atoms with van der Waals surface area (Å²) in [6.07, 6.45) is -1.14. The Morgan fingerprint density at radius 1 is 1.00 bits per heavy atom. The molecule has 0 fully saturated rings. The van der Waals surface area contributed by atoms with E-state index in [2.05, 4.69) is 15.6 Å². The number of fused-ring (bicyclic) bond motifs is 1. The first-order valence-electron chi connectivity index (χ1n) is 11.8. The Bertz CT molecular complexity index is 1450. The predicted octanol–water partition coefficient (Wildman–Crippen LogP) is 3.85. The highest BCUT2D eigenvalue weighted by molar-refractivity contribution is 5.96. The number of rotatable bonds is 11. The molecule has 4 aromatic rings. The number of nitrogens with zero attached hydrogens (tertiary/aromatic N) is 2. The predicted molar refractivity (Wildman–Crippen MR) is 141 cm³/mol. The Morgan fingerprint density at radius 2 is 1.69 bits per heavy atom. The van der Waals surface area contributed by atoms with Gasteiger partial charge in [0.1, 0.15) is 11.3 Å². The van der Waals surface area contributed by atoms with E-state index in [1.54, 1.807) is 67.8 Å². The van der Waals surface area contributed by atoms with Gasteiger partial charge in [-0.15, -0.1) is 0 Å². The van der Waals surface area contributed by atoms with E-state index < -0.39 is 12.0 Å². The first kappa shape index (κ1) is 27.0. The average Bonchev–Trinajstić information content (AvgIpc) is 3.36. The van der Waals surface area contributed by atoms with Crippen LogP contribution in [0.2, 0.25) is 0 Å². The Balaban J connectivity index is 1.59. The molecule has 4 rings (SSSR count). The van der Waals surface area contributed by atoms with Crippen molar-refractivity contribution in [2.45, 2.75) is 6.10 Å². The van der Waals surface area contributed by atoms with Crippen LogP contribution in [-0.4, -0.2) is 51.3 Å². The number of nitrogens with one attached hydrogen (secondary N) is 2. The lowest BCUT2D eigenvalue weighted by Gasteiger charge is -2.18. The molecule has 1 atom stereocenters. The zero-order chi connectivity index (χ0) is 27.8. The van der Waals surface area contributed by atoms with Gasteiger partial charge in [-0.3, -0.25) is 14.9 Å². The molecular weight excluding hydrogens is 504 g/mol. The SMILES string of the molecule is COCCNC(=O)c1ccc(C(Oc2ccc(C#N)cc2)C(=O)Nc2nc3cc(OC)c(OC)cc3o2)cc1. The van der Waals surface area contributed by atoms with Crippen LogP contribution < -0.4 is 24.8 Å². The summed E-state index contributed by atoms with van der Waals surface area (Å²) in [6.45, 7) is 0.756. The summed E-state index contributed by atoms with van der Waals surface area (Å²) in [7, 11) is 4.56. The van der Waals surface area contributed by atoms with E-state index in [9.17, 15) is 9.59 Å². The van der Waals surface area contributed by atoms with Gasteiger partial charge in [-0.25, -0.2) is 0 Å². The van der Waals surface area contributed by atoms with Gasteiger partial charge in [0, 0.05) is 36.9 Å². The fourth-order valence-electron chi connectivity index (χ4n) is 3.67. The van der Waals surface area contributed by atoms with Crippen molar-refractivity contribution < 1.29 is 33.0 Å². The Morgan fingerprint density at radius 3 is 2.33 bits per heavy atom. The van der Waals surface area contributed by atoms with E-state index >= 15 is 0 Å². The number of aromatic nitrogens is 1. The highest BCUT2D eigenvalue weighted by Gasteiger charge is 2.25. The molecule has 0 saturated heterocycles. The lowest BCUT2D eigenvalue weighted by molar-refractivity contribution is -0.123. The van der Waals surface area contributed by atoms with Crippen molar-refractivity contribution in [3.8, 4) is 23.3 Å². The van der Waals surface area contributed by atoms with Crippen molar-refractivity contribution in [1.82, 2.24) is 10.3 Å². The molecule has 1 unspecified atom stereocenters. The normalized spacial score (nSPS) is 11.3. The minimum Gasteiger partial charge on any atom is -0.493 e. The van der Waals surface area contributed by atoms with Gasteiger partial charge < -0.3 is 28.7 Å². The summed E-state index contributed by atoms with van der Waals surface area (Å²) in [5.41, 5.74) is 2.18. The van der Waals surface area contributed by atoms with Crippen LogP contribution in [0.5, 0.6) is 17.2 Å². The molecule has 0 bridgehead atoms. The van der Waals surface area contributed by atoms with Crippen LogP contribution in [-0.2, 0) is 9.53 Å². The van der Waals surface area contributed by atoms with Crippen molar-refractivity contribution in [2.24, 2.45) is 0 Å². The molecule has 0 aliphatic heterocycles. The lowest BCUT2D eigenvalue weighted by atomic mass is 10.1. The molecule has 11 heteroatoms. The number of carbonyl (C=O) groups is 2. The highest BCUT2D eigenvalue weighted by Crippen LogP contribution is 2.33. The molecule has 0 radical (unpaired) electrons. The molecule has 1 heterocycles. The van der Waals surface area contributed by atoms with E-state index in [1.165, 1.54) is 14.2 Å². The smallest absolute Gasteiger partial charge is 0.302 e. The Labute approximate surface area is 224 Å². The van der Waals surface area contributed by atoms with Crippen LogP contribution in [0, 0.1) is 11.3 Å². The zero-order valence-corrected chi connectivity index (χ0v) is 21.5. The van der Waals surface area contributed by atoms with Crippen molar-refractivity contribution in [1.29, 1.82) is 5.26 Å². The van der Waals surface area contributed by atoms with Crippen molar-refractivity contribution in [3.05, 3.63) is 77.4 Å². The quantitative estimate of drug-likeness (QED) is 0.276. The van der Waals surface area contributed by atoms with Crippen molar-refractivity contribution in [3.63, 3.8) is 0 Å². The van der Waals surface area contributed by atoms with E-state index in [0.717, 1.165) is 0 Å². The molecule has 0 aliphatic carbocycles. The summed E-state index contributed by atoms with van der Waals surface area (Å²) < 4.78 is 27.3. The first-order chi connectivity index (χ1) is 18.9. The summed E-state index contributed by atoms with van der Waals surface area (Å²) in [5, 5.41) is 14.5. The highest BCUT2D eigenvalue weighted by atomic mass is 16.5. The Kier molecular flexibility index (Phi) is 8.60. The number of ether oxygens (including phenoxy) is 4. The van der Waals surface area contributed by atoms with Crippen LogP contribution >= 0.6 is 0 Å². The topological polar surface area (TPSA) is 145 Å². The summed E-state index contributed by atoms with van der Waals surface area (Å²) in [4.78, 5) is 30.1. The van der Waals surface area contributed by atoms with Crippen LogP contribution in [0.15, 0.2) is 65.1 Å². The van der Waals surface area contributed by atoms with Gasteiger partial charge in [-0.1, -0.05) is 12.1 Å². The van der Waals surface area contributed by atoms with E-state index in [1.807, 2.05) is 6.07 Å². The van der Waals surface area contributed by atoms with Crippen LogP contribution in [0.1, 0.15) is 27.6 Å². The van der Waals surface area contributed by atoms with Gasteiger partial charge in [0.2, 0.25) is 6.10 Å². The average molecular weight is 531 g/mol.